The summed E-state index contributed by atoms with van der Waals surface area (Å²) >= 11 is 0. The molecule has 404 valence electrons. The fourth-order valence-corrected chi connectivity index (χ4v) is 15.2. The van der Waals surface area contributed by atoms with Crippen LogP contribution in [-0.4, -0.2) is 203 Å². The zero-order valence-corrected chi connectivity index (χ0v) is 42.2. The molecule has 4 aliphatic carbocycles. The van der Waals surface area contributed by atoms with Crippen molar-refractivity contribution >= 4 is 5.97 Å². The van der Waals surface area contributed by atoms with E-state index in [2.05, 4.69) is 26.8 Å². The molecule has 7 aliphatic rings. The summed E-state index contributed by atoms with van der Waals surface area (Å²) in [6.45, 7) is 16.0. The van der Waals surface area contributed by atoms with Crippen molar-refractivity contribution in [2.24, 2.45) is 45.3 Å². The second-order valence-electron chi connectivity index (χ2n) is 23.7. The molecule has 4 saturated carbocycles. The number of aliphatic hydroxyl groups excluding tert-OH is 12. The van der Waals surface area contributed by atoms with Crippen molar-refractivity contribution in [3.63, 3.8) is 0 Å². The number of carbonyl (C=O) groups excluding carboxylic acids is 1. The van der Waals surface area contributed by atoms with E-state index in [0.29, 0.717) is 38.5 Å². The second-order valence-corrected chi connectivity index (χ2v) is 23.7. The summed E-state index contributed by atoms with van der Waals surface area (Å²) in [6.07, 6.45) is -20.0. The van der Waals surface area contributed by atoms with Crippen molar-refractivity contribution in [2.75, 3.05) is 19.8 Å². The maximum atomic E-state index is 12.8. The molecule has 7 rings (SSSR count). The van der Waals surface area contributed by atoms with Crippen LogP contribution in [0.25, 0.3) is 0 Å². The van der Waals surface area contributed by atoms with E-state index in [1.807, 2.05) is 34.6 Å². The van der Waals surface area contributed by atoms with Crippen LogP contribution in [0.15, 0.2) is 11.6 Å². The standard InChI is InChI=1S/C50H84O20/c1-22(2)11-10-14-50(9,70-45-41(38(61)34(57)28(20-52)66-45)68-43-39(62)37(60)35(58)29(67-43)21-64-23(3)53)24-12-15-49(8)32(24)25(54)17-31-47(6)18-26(55)42(46(4,5)30(47)13-16-48(31,49)7)69-44-40(63)36(59)33(56)27(19-51)65-44/h11,24-45,51-52,54-63H,10,12-21H2,1-9H3/t24-,25+,26+,27+,28+,29+,30?,31?,32?,33+,34+,35+,36-,37-,38-,39+,40+,41+,42-,43-,44-,45-,47-,48+,49+,50-/m0/s1. The molecule has 26 atom stereocenters. The molecule has 0 aromatic heterocycles. The molecule has 3 saturated heterocycles. The molecule has 7 fully saturated rings. The van der Waals surface area contributed by atoms with Crippen LogP contribution in [-0.2, 0) is 38.0 Å². The Bertz CT molecular complexity index is 1830. The van der Waals surface area contributed by atoms with E-state index in [0.717, 1.165) is 25.3 Å². The quantitative estimate of drug-likeness (QED) is 0.0594. The van der Waals surface area contributed by atoms with Gasteiger partial charge in [0, 0.05) is 6.92 Å². The van der Waals surface area contributed by atoms with E-state index >= 15 is 0 Å². The molecule has 0 aromatic rings. The molecule has 3 heterocycles. The Balaban J connectivity index is 1.17. The van der Waals surface area contributed by atoms with Gasteiger partial charge in [-0.05, 0) is 117 Å². The maximum absolute atomic E-state index is 12.8. The Labute approximate surface area is 410 Å². The molecule has 3 aliphatic heterocycles. The van der Waals surface area contributed by atoms with Crippen LogP contribution >= 0.6 is 0 Å². The summed E-state index contributed by atoms with van der Waals surface area (Å²) < 4.78 is 42.4. The highest BCUT2D eigenvalue weighted by atomic mass is 16.8. The first-order valence-corrected chi connectivity index (χ1v) is 25.4. The topological polar surface area (TPSA) is 324 Å². The van der Waals surface area contributed by atoms with Gasteiger partial charge in [0.05, 0.1) is 37.1 Å². The Morgan fingerprint density at radius 2 is 1.20 bits per heavy atom. The average molecular weight is 1010 g/mol. The zero-order valence-electron chi connectivity index (χ0n) is 42.2. The van der Waals surface area contributed by atoms with Gasteiger partial charge >= 0.3 is 5.97 Å². The predicted octanol–water partition coefficient (Wildman–Crippen LogP) is -0.485. The minimum Gasteiger partial charge on any atom is -0.463 e. The van der Waals surface area contributed by atoms with Crippen LogP contribution in [0.1, 0.15) is 114 Å². The highest BCUT2D eigenvalue weighted by Crippen LogP contribution is 2.76. The van der Waals surface area contributed by atoms with E-state index in [4.69, 9.17) is 33.2 Å². The smallest absolute Gasteiger partial charge is 0.302 e. The number of fused-ring (bicyclic) bond motifs is 5. The average Bonchev–Trinajstić information content (AvgIpc) is 3.68. The van der Waals surface area contributed by atoms with Crippen molar-refractivity contribution in [2.45, 2.75) is 230 Å². The van der Waals surface area contributed by atoms with Gasteiger partial charge in [-0.2, -0.15) is 0 Å². The monoisotopic (exact) mass is 1000 g/mol. The number of allylic oxidation sites excluding steroid dienone is 2. The Morgan fingerprint density at radius 1 is 0.657 bits per heavy atom. The van der Waals surface area contributed by atoms with Crippen LogP contribution in [0.3, 0.4) is 0 Å². The normalized spacial score (nSPS) is 51.0. The van der Waals surface area contributed by atoms with E-state index in [9.17, 15) is 66.1 Å². The first-order chi connectivity index (χ1) is 32.6. The molecule has 70 heavy (non-hydrogen) atoms. The lowest BCUT2D eigenvalue weighted by Gasteiger charge is -2.71. The Morgan fingerprint density at radius 3 is 1.79 bits per heavy atom. The van der Waals surface area contributed by atoms with Crippen LogP contribution in [0.4, 0.5) is 0 Å². The first kappa shape index (κ1) is 56.2. The number of aliphatic hydroxyl groups is 12. The van der Waals surface area contributed by atoms with Crippen LogP contribution < -0.4 is 0 Å². The van der Waals surface area contributed by atoms with Crippen molar-refractivity contribution in [3.8, 4) is 0 Å². The van der Waals surface area contributed by atoms with Gasteiger partial charge in [-0.15, -0.1) is 0 Å². The van der Waals surface area contributed by atoms with Gasteiger partial charge in [0.1, 0.15) is 79.9 Å². The second kappa shape index (κ2) is 20.9. The molecule has 3 unspecified atom stereocenters. The summed E-state index contributed by atoms with van der Waals surface area (Å²) in [5, 5.41) is 132. The molecule has 12 N–H and O–H groups in total. The number of esters is 1. The lowest BCUT2D eigenvalue weighted by atomic mass is 9.35. The molecule has 0 bridgehead atoms. The van der Waals surface area contributed by atoms with Crippen LogP contribution in [0.5, 0.6) is 0 Å². The minimum absolute atomic E-state index is 0.0341. The first-order valence-electron chi connectivity index (χ1n) is 25.4. The van der Waals surface area contributed by atoms with E-state index in [1.165, 1.54) is 0 Å². The van der Waals surface area contributed by atoms with Gasteiger partial charge in [-0.1, -0.05) is 46.3 Å². The fraction of sp³-hybridized carbons (Fsp3) is 0.940. The van der Waals surface area contributed by atoms with Crippen molar-refractivity contribution in [3.05, 3.63) is 11.6 Å². The number of carbonyl (C=O) groups is 1. The van der Waals surface area contributed by atoms with Crippen LogP contribution in [0, 0.1) is 45.3 Å². The third-order valence-electron chi connectivity index (χ3n) is 19.0. The molecule has 20 heteroatoms. The van der Waals surface area contributed by atoms with Gasteiger partial charge in [-0.3, -0.25) is 4.79 Å². The summed E-state index contributed by atoms with van der Waals surface area (Å²) in [7, 11) is 0. The van der Waals surface area contributed by atoms with Gasteiger partial charge in [-0.25, -0.2) is 0 Å². The summed E-state index contributed by atoms with van der Waals surface area (Å²) in [5.41, 5.74) is -2.13. The largest absolute Gasteiger partial charge is 0.463 e. The van der Waals surface area contributed by atoms with Crippen LogP contribution in [0.2, 0.25) is 0 Å². The van der Waals surface area contributed by atoms with E-state index in [-0.39, 0.29) is 29.1 Å². The number of ether oxygens (including phenoxy) is 7. The molecule has 0 aromatic carbocycles. The SMILES string of the molecule is CC(=O)OC[C@H]1O[C@@H](O[C@H]2[C@H](O[C@@](C)(CCC=C(C)C)[C@H]3CC[C@]4(C)C3[C@H](O)CC3[C@@]5(C)C[C@@H](O)[C@H](O[C@@H]6O[C@H](CO)[C@@H](O)[C@H](O)[C@H]6O)C(C)(C)C5CC[C@]34C)O[C@H](CO)[C@@H](O)[C@@H]2O)[C@H](O)[C@@H](O)[C@@H]1O. The molecule has 20 nitrogen and oxygen atoms in total. The van der Waals surface area contributed by atoms with Gasteiger partial charge in [0.25, 0.3) is 0 Å². The van der Waals surface area contributed by atoms with Crippen molar-refractivity contribution < 1.29 is 99.2 Å². The maximum Gasteiger partial charge on any atom is 0.302 e. The van der Waals surface area contributed by atoms with Gasteiger partial charge in [0.15, 0.2) is 18.9 Å². The Kier molecular flexibility index (Phi) is 16.8. The highest BCUT2D eigenvalue weighted by molar-refractivity contribution is 5.65. The van der Waals surface area contributed by atoms with Crippen molar-refractivity contribution in [1.82, 2.24) is 0 Å². The molecular weight excluding hydrogens is 921 g/mol. The zero-order chi connectivity index (χ0) is 51.8. The minimum atomic E-state index is -1.87. The van der Waals surface area contributed by atoms with E-state index in [1.54, 1.807) is 0 Å². The molecule has 0 radical (unpaired) electrons. The lowest BCUT2D eigenvalue weighted by Crippen LogP contribution is -2.69. The Hall–Kier alpha value is -1.51. The summed E-state index contributed by atoms with van der Waals surface area (Å²) in [5.74, 6) is -1.45. The van der Waals surface area contributed by atoms with Gasteiger partial charge < -0.3 is 94.4 Å². The van der Waals surface area contributed by atoms with Gasteiger partial charge in [0.2, 0.25) is 0 Å². The summed E-state index contributed by atoms with van der Waals surface area (Å²) in [6, 6.07) is 0. The lowest BCUT2D eigenvalue weighted by molar-refractivity contribution is -0.382. The molecule has 0 amide bonds. The number of rotatable bonds is 14. The highest BCUT2D eigenvalue weighted by Gasteiger charge is 2.73. The number of hydrogen-bond acceptors (Lipinski definition) is 20. The molecular formula is C50H84O20. The number of hydrogen-bond donors (Lipinski definition) is 12. The molecule has 0 spiro atoms. The summed E-state index contributed by atoms with van der Waals surface area (Å²) in [4.78, 5) is 11.6. The predicted molar refractivity (Wildman–Crippen MR) is 245 cm³/mol. The third-order valence-corrected chi connectivity index (χ3v) is 19.0. The third kappa shape index (κ3) is 9.70. The van der Waals surface area contributed by atoms with Crippen molar-refractivity contribution in [1.29, 1.82) is 0 Å². The fourth-order valence-electron chi connectivity index (χ4n) is 15.2. The van der Waals surface area contributed by atoms with E-state index < -0.39 is 158 Å².